The number of nitrogen functional groups attached to an aromatic ring is 1. The van der Waals surface area contributed by atoms with E-state index in [0.29, 0.717) is 35.9 Å². The number of fused-ring (bicyclic) bond motifs is 3. The highest BCUT2D eigenvalue weighted by atomic mass is 35.5. The van der Waals surface area contributed by atoms with Crippen molar-refractivity contribution in [3.05, 3.63) is 87.5 Å². The number of nitrogens with zero attached hydrogens (tertiary/aromatic N) is 3. The lowest BCUT2D eigenvalue weighted by Gasteiger charge is -2.29. The van der Waals surface area contributed by atoms with E-state index in [0.717, 1.165) is 26.2 Å². The monoisotopic (exact) mass is 491 g/mol. The van der Waals surface area contributed by atoms with E-state index in [2.05, 4.69) is 15.3 Å². The zero-order valence-electron chi connectivity index (χ0n) is 18.2. The van der Waals surface area contributed by atoms with Gasteiger partial charge in [0.25, 0.3) is 5.91 Å². The summed E-state index contributed by atoms with van der Waals surface area (Å²) < 4.78 is 0. The van der Waals surface area contributed by atoms with Crippen LogP contribution in [0.2, 0.25) is 5.02 Å². The van der Waals surface area contributed by atoms with Crippen molar-refractivity contribution in [2.75, 3.05) is 12.3 Å². The molecule has 172 valence electrons. The van der Waals surface area contributed by atoms with Gasteiger partial charge in [0.05, 0.1) is 35.0 Å². The van der Waals surface area contributed by atoms with E-state index >= 15 is 0 Å². The number of hydrogen-bond acceptors (Lipinski definition) is 6. The minimum absolute atomic E-state index is 0.0320. The van der Waals surface area contributed by atoms with Crippen LogP contribution in [0, 0.1) is 0 Å². The highest BCUT2D eigenvalue weighted by Gasteiger charge is 2.28. The van der Waals surface area contributed by atoms with E-state index in [1.807, 2.05) is 35.2 Å². The van der Waals surface area contributed by atoms with Crippen molar-refractivity contribution in [1.82, 2.24) is 20.2 Å². The van der Waals surface area contributed by atoms with Gasteiger partial charge in [0.15, 0.2) is 0 Å². The first-order valence-electron chi connectivity index (χ1n) is 10.9. The fraction of sp³-hybridized carbons (Fsp3) is 0.200. The van der Waals surface area contributed by atoms with Crippen LogP contribution in [0.5, 0.6) is 0 Å². The molecule has 4 aromatic rings. The Morgan fingerprint density at radius 1 is 1.12 bits per heavy atom. The molecule has 0 bridgehead atoms. The maximum atomic E-state index is 13.4. The largest absolute Gasteiger partial charge is 0.383 e. The number of halogens is 1. The number of thiophene rings is 1. The highest BCUT2D eigenvalue weighted by molar-refractivity contribution is 7.19. The van der Waals surface area contributed by atoms with Gasteiger partial charge >= 0.3 is 0 Å². The zero-order valence-corrected chi connectivity index (χ0v) is 19.8. The molecule has 9 heteroatoms. The molecule has 0 fully saturated rings. The minimum Gasteiger partial charge on any atom is -0.383 e. The third-order valence-electron chi connectivity index (χ3n) is 6.02. The van der Waals surface area contributed by atoms with Crippen molar-refractivity contribution >= 4 is 50.8 Å². The Bertz CT molecular complexity index is 1370. The zero-order chi connectivity index (χ0) is 23.7. The van der Waals surface area contributed by atoms with Crippen LogP contribution in [-0.2, 0) is 17.8 Å². The molecule has 0 saturated heterocycles. The number of carbonyl (C=O) groups excluding carboxylic acids is 2. The first kappa shape index (κ1) is 22.3. The van der Waals surface area contributed by atoms with Gasteiger partial charge in [-0.25, -0.2) is 9.97 Å². The number of benzene rings is 2. The molecule has 2 amide bonds. The van der Waals surface area contributed by atoms with Crippen LogP contribution in [-0.4, -0.2) is 33.2 Å². The second kappa shape index (κ2) is 9.40. The topological polar surface area (TPSA) is 101 Å². The molecular formula is C25H22ClN5O2S. The smallest absolute Gasteiger partial charge is 0.253 e. The molecule has 3 N–H and O–H groups in total. The Labute approximate surface area is 205 Å². The second-order valence-electron chi connectivity index (χ2n) is 8.13. The molecule has 1 aliphatic rings. The second-order valence-corrected chi connectivity index (χ2v) is 9.62. The van der Waals surface area contributed by atoms with Crippen molar-refractivity contribution in [2.24, 2.45) is 0 Å². The standard InChI is InChI=1S/C25H22ClN5O2S/c26-18-9-5-4-8-16(18)24(33)30-19(15-6-2-1-3-7-15)12-21(32)31-11-10-17-20(13-31)34-25-22(17)23(27)28-14-29-25/h1-9,14,19H,10-13H2,(H,30,33)(H2,27,28,29)/t19-/m1/s1. The molecule has 2 aromatic carbocycles. The lowest BCUT2D eigenvalue weighted by Crippen LogP contribution is -2.39. The van der Waals surface area contributed by atoms with Crippen LogP contribution in [0.25, 0.3) is 10.2 Å². The Balaban J connectivity index is 1.36. The van der Waals surface area contributed by atoms with Crippen LogP contribution in [0.4, 0.5) is 5.82 Å². The predicted octanol–water partition coefficient (Wildman–Crippen LogP) is 4.37. The van der Waals surface area contributed by atoms with Crippen molar-refractivity contribution < 1.29 is 9.59 Å². The van der Waals surface area contributed by atoms with Gasteiger partial charge in [-0.15, -0.1) is 11.3 Å². The van der Waals surface area contributed by atoms with Gasteiger partial charge in [-0.1, -0.05) is 54.1 Å². The molecular weight excluding hydrogens is 470 g/mol. The van der Waals surface area contributed by atoms with E-state index < -0.39 is 6.04 Å². The number of nitrogens with one attached hydrogen (secondary N) is 1. The van der Waals surface area contributed by atoms with E-state index in [9.17, 15) is 9.59 Å². The van der Waals surface area contributed by atoms with Crippen LogP contribution in [0.15, 0.2) is 60.9 Å². The maximum absolute atomic E-state index is 13.4. The maximum Gasteiger partial charge on any atom is 0.253 e. The van der Waals surface area contributed by atoms with Gasteiger partial charge < -0.3 is 16.0 Å². The van der Waals surface area contributed by atoms with Gasteiger partial charge in [-0.2, -0.15) is 0 Å². The Morgan fingerprint density at radius 2 is 1.88 bits per heavy atom. The van der Waals surface area contributed by atoms with Crippen LogP contribution in [0.1, 0.15) is 38.8 Å². The quantitative estimate of drug-likeness (QED) is 0.431. The summed E-state index contributed by atoms with van der Waals surface area (Å²) in [7, 11) is 0. The van der Waals surface area contributed by atoms with Crippen molar-refractivity contribution in [2.45, 2.75) is 25.4 Å². The van der Waals surface area contributed by atoms with Crippen LogP contribution in [0.3, 0.4) is 0 Å². The first-order valence-corrected chi connectivity index (χ1v) is 12.1. The number of hydrogen-bond donors (Lipinski definition) is 2. The van der Waals surface area contributed by atoms with E-state index in [1.165, 1.54) is 6.33 Å². The third kappa shape index (κ3) is 4.34. The van der Waals surface area contributed by atoms with Crippen molar-refractivity contribution in [3.63, 3.8) is 0 Å². The number of nitrogens with two attached hydrogens (primary N) is 1. The molecule has 1 aliphatic heterocycles. The Morgan fingerprint density at radius 3 is 2.68 bits per heavy atom. The number of carbonyl (C=O) groups is 2. The molecule has 34 heavy (non-hydrogen) atoms. The lowest BCUT2D eigenvalue weighted by atomic mass is 10.0. The molecule has 2 aromatic heterocycles. The van der Waals surface area contributed by atoms with Gasteiger partial charge in [0.2, 0.25) is 5.91 Å². The minimum atomic E-state index is -0.484. The number of anilines is 1. The average Bonchev–Trinajstić information content (AvgIpc) is 3.23. The Hall–Kier alpha value is -3.49. The number of aromatic nitrogens is 2. The number of amides is 2. The third-order valence-corrected chi connectivity index (χ3v) is 7.48. The summed E-state index contributed by atoms with van der Waals surface area (Å²) in [5, 5.41) is 4.28. The number of rotatable bonds is 5. The van der Waals surface area contributed by atoms with E-state index in [-0.39, 0.29) is 18.2 Å². The molecule has 0 aliphatic carbocycles. The molecule has 0 spiro atoms. The summed E-state index contributed by atoms with van der Waals surface area (Å²) in [6.07, 6.45) is 2.30. The summed E-state index contributed by atoms with van der Waals surface area (Å²) in [6, 6.07) is 15.9. The molecule has 0 radical (unpaired) electrons. The molecule has 0 unspecified atom stereocenters. The first-order chi connectivity index (χ1) is 16.5. The SMILES string of the molecule is Nc1ncnc2sc3c(c12)CCN(C(=O)C[C@@H](NC(=O)c1ccccc1Cl)c1ccccc1)C3. The van der Waals surface area contributed by atoms with Crippen molar-refractivity contribution in [3.8, 4) is 0 Å². The lowest BCUT2D eigenvalue weighted by molar-refractivity contribution is -0.132. The Kier molecular flexibility index (Phi) is 6.17. The van der Waals surface area contributed by atoms with Crippen LogP contribution < -0.4 is 11.1 Å². The predicted molar refractivity (Wildman–Crippen MR) is 134 cm³/mol. The van der Waals surface area contributed by atoms with E-state index in [1.54, 1.807) is 35.6 Å². The summed E-state index contributed by atoms with van der Waals surface area (Å²) in [6.45, 7) is 1.07. The van der Waals surface area contributed by atoms with Crippen LogP contribution >= 0.6 is 22.9 Å². The van der Waals surface area contributed by atoms with Gasteiger partial charge in [-0.3, -0.25) is 9.59 Å². The summed E-state index contributed by atoms with van der Waals surface area (Å²) in [4.78, 5) is 38.5. The van der Waals surface area contributed by atoms with E-state index in [4.69, 9.17) is 17.3 Å². The average molecular weight is 492 g/mol. The fourth-order valence-electron chi connectivity index (χ4n) is 4.29. The van der Waals surface area contributed by atoms with Gasteiger partial charge in [-0.05, 0) is 29.7 Å². The molecule has 7 nitrogen and oxygen atoms in total. The normalized spacial score (nSPS) is 14.0. The highest BCUT2D eigenvalue weighted by Crippen LogP contribution is 2.36. The molecule has 5 rings (SSSR count). The summed E-state index contributed by atoms with van der Waals surface area (Å²) in [5.74, 6) is 0.135. The van der Waals surface area contributed by atoms with Crippen molar-refractivity contribution in [1.29, 1.82) is 0 Å². The molecule has 1 atom stereocenters. The fourth-order valence-corrected chi connectivity index (χ4v) is 5.72. The van der Waals surface area contributed by atoms with Gasteiger partial charge in [0, 0.05) is 11.4 Å². The molecule has 0 saturated carbocycles. The summed E-state index contributed by atoms with van der Waals surface area (Å²) in [5.41, 5.74) is 8.45. The summed E-state index contributed by atoms with van der Waals surface area (Å²) >= 11 is 7.77. The van der Waals surface area contributed by atoms with Gasteiger partial charge in [0.1, 0.15) is 17.0 Å². The molecule has 3 heterocycles.